The second-order valence-corrected chi connectivity index (χ2v) is 9.88. The number of aromatic nitrogens is 1. The molecule has 1 saturated heterocycles. The van der Waals surface area contributed by atoms with Crippen LogP contribution in [0.3, 0.4) is 0 Å². The lowest BCUT2D eigenvalue weighted by atomic mass is 9.98. The first-order chi connectivity index (χ1) is 17.6. The normalized spacial score (nSPS) is 17.0. The van der Waals surface area contributed by atoms with Gasteiger partial charge in [0.15, 0.2) is 5.71 Å². The Morgan fingerprint density at radius 2 is 2.00 bits per heavy atom. The van der Waals surface area contributed by atoms with Crippen molar-refractivity contribution in [1.29, 1.82) is 0 Å². The average molecular weight is 507 g/mol. The van der Waals surface area contributed by atoms with Crippen LogP contribution in [0.1, 0.15) is 48.8 Å². The summed E-state index contributed by atoms with van der Waals surface area (Å²) >= 11 is 6.27. The molecule has 3 aromatic rings. The van der Waals surface area contributed by atoms with Crippen LogP contribution in [0.25, 0.3) is 10.9 Å². The monoisotopic (exact) mass is 506 g/mol. The van der Waals surface area contributed by atoms with Crippen LogP contribution in [0, 0.1) is 0 Å². The Hall–Kier alpha value is -3.16. The lowest BCUT2D eigenvalue weighted by Crippen LogP contribution is -2.27. The first-order valence-electron chi connectivity index (χ1n) is 12.6. The van der Waals surface area contributed by atoms with Crippen molar-refractivity contribution in [1.82, 2.24) is 9.88 Å². The molecule has 0 unspecified atom stereocenters. The molecule has 0 bridgehead atoms. The van der Waals surface area contributed by atoms with Crippen molar-refractivity contribution in [2.45, 2.75) is 51.2 Å². The van der Waals surface area contributed by atoms with E-state index >= 15 is 0 Å². The highest BCUT2D eigenvalue weighted by Gasteiger charge is 2.24. The van der Waals surface area contributed by atoms with E-state index in [1.54, 1.807) is 12.3 Å². The highest BCUT2D eigenvalue weighted by molar-refractivity contribution is 6.45. The Kier molecular flexibility index (Phi) is 7.68. The van der Waals surface area contributed by atoms with E-state index in [0.29, 0.717) is 12.7 Å². The van der Waals surface area contributed by atoms with Crippen LogP contribution in [0.15, 0.2) is 53.8 Å². The van der Waals surface area contributed by atoms with Crippen molar-refractivity contribution in [2.24, 2.45) is 10.9 Å². The van der Waals surface area contributed by atoms with E-state index in [4.69, 9.17) is 26.9 Å². The average Bonchev–Trinajstić information content (AvgIpc) is 3.56. The first-order valence-corrected chi connectivity index (χ1v) is 13.0. The number of ether oxygens (including phenoxy) is 1. The summed E-state index contributed by atoms with van der Waals surface area (Å²) < 4.78 is 5.76. The van der Waals surface area contributed by atoms with E-state index in [9.17, 15) is 4.79 Å². The van der Waals surface area contributed by atoms with Gasteiger partial charge in [0.25, 0.3) is 5.91 Å². The molecule has 3 heterocycles. The third-order valence-corrected chi connectivity index (χ3v) is 7.00. The van der Waals surface area contributed by atoms with Gasteiger partial charge in [-0.1, -0.05) is 28.9 Å². The molecule has 0 radical (unpaired) electrons. The van der Waals surface area contributed by atoms with Gasteiger partial charge in [-0.15, -0.1) is 0 Å². The number of likely N-dealkylation sites (tertiary alicyclic amines) is 1. The summed E-state index contributed by atoms with van der Waals surface area (Å²) in [6.07, 6.45) is 9.57. The molecule has 3 aliphatic rings. The van der Waals surface area contributed by atoms with Gasteiger partial charge in [0.2, 0.25) is 0 Å². The van der Waals surface area contributed by atoms with Gasteiger partial charge in [0.05, 0.1) is 16.6 Å². The molecule has 188 valence electrons. The van der Waals surface area contributed by atoms with Gasteiger partial charge in [-0.25, -0.2) is 0 Å². The number of primary amides is 1. The number of benzene rings is 2. The number of pyridine rings is 1. The number of oxime groups is 1. The van der Waals surface area contributed by atoms with Crippen LogP contribution in [0.4, 0.5) is 0 Å². The number of aryl methyl sites for hydroxylation is 1. The SMILES string of the molecule is Clc1cc(CCCN2CCCC2)ccc1OC1CC1.NC(=O)C1=NOCc2c1ccc1ncccc21. The molecule has 2 N–H and O–H groups in total. The number of hydrogen-bond donors (Lipinski definition) is 1. The van der Waals surface area contributed by atoms with Gasteiger partial charge < -0.3 is 20.2 Å². The molecule has 0 atom stereocenters. The number of rotatable bonds is 7. The quantitative estimate of drug-likeness (QED) is 0.494. The van der Waals surface area contributed by atoms with E-state index in [-0.39, 0.29) is 5.71 Å². The number of fused-ring (bicyclic) bond motifs is 3. The topological polar surface area (TPSA) is 90.0 Å². The molecular weight excluding hydrogens is 476 g/mol. The fourth-order valence-corrected chi connectivity index (χ4v) is 4.90. The molecule has 2 fully saturated rings. The molecule has 36 heavy (non-hydrogen) atoms. The number of carbonyl (C=O) groups is 1. The van der Waals surface area contributed by atoms with Gasteiger partial charge in [-0.2, -0.15) is 0 Å². The largest absolute Gasteiger partial charge is 0.489 e. The van der Waals surface area contributed by atoms with E-state index in [0.717, 1.165) is 39.2 Å². The zero-order chi connectivity index (χ0) is 24.9. The highest BCUT2D eigenvalue weighted by Crippen LogP contribution is 2.32. The standard InChI is InChI=1S/C16H22ClNO.C12H9N3O2/c17-15-12-13(4-3-11-18-9-1-2-10-18)5-8-16(15)19-14-6-7-14;13-12(16)11-8-3-4-10-7(2-1-5-14-10)9(8)6-17-15-11/h5,8,12,14H,1-4,6-7,9-11H2;1-5H,6H2,(H2,13,16). The summed E-state index contributed by atoms with van der Waals surface area (Å²) in [6.45, 7) is 4.12. The highest BCUT2D eigenvalue weighted by atomic mass is 35.5. The molecule has 7 nitrogen and oxygen atoms in total. The Labute approximate surface area is 216 Å². The zero-order valence-electron chi connectivity index (χ0n) is 20.3. The van der Waals surface area contributed by atoms with Gasteiger partial charge in [0.1, 0.15) is 12.4 Å². The molecular formula is C28H31ClN4O3. The zero-order valence-corrected chi connectivity index (χ0v) is 21.0. The lowest BCUT2D eigenvalue weighted by Gasteiger charge is -2.16. The van der Waals surface area contributed by atoms with E-state index in [1.807, 2.05) is 24.3 Å². The molecule has 1 aromatic heterocycles. The number of nitrogens with zero attached hydrogens (tertiary/aromatic N) is 3. The maximum absolute atomic E-state index is 11.2. The number of amides is 1. The summed E-state index contributed by atoms with van der Waals surface area (Å²) in [5.74, 6) is 0.265. The second-order valence-electron chi connectivity index (χ2n) is 9.47. The van der Waals surface area contributed by atoms with Crippen LogP contribution in [-0.4, -0.2) is 47.2 Å². The van der Waals surface area contributed by atoms with Crippen molar-refractivity contribution in [3.63, 3.8) is 0 Å². The fraction of sp³-hybridized carbons (Fsp3) is 0.393. The van der Waals surface area contributed by atoms with E-state index in [2.05, 4.69) is 27.2 Å². The van der Waals surface area contributed by atoms with E-state index < -0.39 is 5.91 Å². The maximum Gasteiger partial charge on any atom is 0.271 e. The predicted octanol–water partition coefficient (Wildman–Crippen LogP) is 4.86. The molecule has 0 spiro atoms. The predicted molar refractivity (Wildman–Crippen MR) is 141 cm³/mol. The number of carbonyl (C=O) groups excluding carboxylic acids is 1. The maximum atomic E-state index is 11.2. The summed E-state index contributed by atoms with van der Waals surface area (Å²) in [6, 6.07) is 13.7. The minimum Gasteiger partial charge on any atom is -0.489 e. The van der Waals surface area contributed by atoms with Crippen molar-refractivity contribution in [3.8, 4) is 5.75 Å². The number of halogens is 1. The summed E-state index contributed by atoms with van der Waals surface area (Å²) in [7, 11) is 0. The van der Waals surface area contributed by atoms with Crippen molar-refractivity contribution < 1.29 is 14.4 Å². The Bertz CT molecular complexity index is 1270. The van der Waals surface area contributed by atoms with Crippen LogP contribution >= 0.6 is 11.6 Å². The molecule has 6 rings (SSSR count). The Morgan fingerprint density at radius 1 is 1.17 bits per heavy atom. The molecule has 2 aromatic carbocycles. The summed E-state index contributed by atoms with van der Waals surface area (Å²) in [5.41, 5.74) is 9.24. The van der Waals surface area contributed by atoms with Gasteiger partial charge >= 0.3 is 0 Å². The third-order valence-electron chi connectivity index (χ3n) is 6.70. The molecule has 1 aliphatic carbocycles. The smallest absolute Gasteiger partial charge is 0.271 e. The fourth-order valence-electron chi connectivity index (χ4n) is 4.65. The van der Waals surface area contributed by atoms with Crippen molar-refractivity contribution in [3.05, 3.63) is 70.4 Å². The van der Waals surface area contributed by atoms with Gasteiger partial charge in [0, 0.05) is 22.7 Å². The molecule has 1 amide bonds. The van der Waals surface area contributed by atoms with Crippen LogP contribution in [0.2, 0.25) is 5.02 Å². The molecule has 2 aliphatic heterocycles. The third kappa shape index (κ3) is 5.97. The second kappa shape index (κ2) is 11.3. The van der Waals surface area contributed by atoms with Crippen LogP contribution in [0.5, 0.6) is 5.75 Å². The first kappa shape index (κ1) is 24.5. The number of hydrogen-bond acceptors (Lipinski definition) is 6. The van der Waals surface area contributed by atoms with Gasteiger partial charge in [-0.05, 0) is 94.1 Å². The van der Waals surface area contributed by atoms with Crippen molar-refractivity contribution in [2.75, 3.05) is 19.6 Å². The van der Waals surface area contributed by atoms with E-state index in [1.165, 1.54) is 57.3 Å². The summed E-state index contributed by atoms with van der Waals surface area (Å²) in [5, 5.41) is 5.42. The minimum atomic E-state index is -0.589. The van der Waals surface area contributed by atoms with Crippen molar-refractivity contribution >= 4 is 34.1 Å². The van der Waals surface area contributed by atoms with Crippen LogP contribution < -0.4 is 10.5 Å². The number of nitrogens with two attached hydrogens (primary N) is 1. The summed E-state index contributed by atoms with van der Waals surface area (Å²) in [4.78, 5) is 23.1. The lowest BCUT2D eigenvalue weighted by molar-refractivity contribution is -0.112. The Balaban J connectivity index is 0.000000149. The Morgan fingerprint density at radius 3 is 2.75 bits per heavy atom. The van der Waals surface area contributed by atoms with Gasteiger partial charge in [-0.3, -0.25) is 9.78 Å². The molecule has 8 heteroatoms. The van der Waals surface area contributed by atoms with Crippen LogP contribution in [-0.2, 0) is 22.7 Å². The minimum absolute atomic E-state index is 0.164. The molecule has 1 saturated carbocycles.